The number of nitrogens with zero attached hydrogens (tertiary/aromatic N) is 2. The predicted molar refractivity (Wildman–Crippen MR) is 95.6 cm³/mol. The second-order valence-electron chi connectivity index (χ2n) is 6.66. The zero-order valence-electron chi connectivity index (χ0n) is 15.1. The Balaban J connectivity index is 0.00000288. The van der Waals surface area contributed by atoms with Gasteiger partial charge in [-0.1, -0.05) is 13.8 Å². The smallest absolute Gasteiger partial charge is 0.152 e. The van der Waals surface area contributed by atoms with E-state index in [4.69, 9.17) is 0 Å². The first-order chi connectivity index (χ1) is 10.7. The van der Waals surface area contributed by atoms with Gasteiger partial charge in [-0.3, -0.25) is 0 Å². The van der Waals surface area contributed by atoms with Crippen LogP contribution in [0.4, 0.5) is 10.2 Å². The Hall–Kier alpha value is -1.97. The monoisotopic (exact) mass is 317 g/mol. The van der Waals surface area contributed by atoms with Gasteiger partial charge >= 0.3 is 0 Å². The van der Waals surface area contributed by atoms with Crippen LogP contribution < -0.4 is 5.32 Å². The van der Waals surface area contributed by atoms with Crippen LogP contribution in [-0.2, 0) is 0 Å². The fourth-order valence-corrected chi connectivity index (χ4v) is 3.19. The number of aryl methyl sites for hydroxylation is 2. The lowest BCUT2D eigenvalue weighted by Crippen LogP contribution is -2.14. The van der Waals surface area contributed by atoms with E-state index in [2.05, 4.69) is 50.1 Å². The summed E-state index contributed by atoms with van der Waals surface area (Å²) < 4.78 is 13.5. The van der Waals surface area contributed by atoms with E-state index in [1.165, 1.54) is 5.56 Å². The van der Waals surface area contributed by atoms with Crippen LogP contribution in [-0.4, -0.2) is 10.2 Å². The molecule has 0 unspecified atom stereocenters. The van der Waals surface area contributed by atoms with Crippen LogP contribution in [0.2, 0.25) is 0 Å². The van der Waals surface area contributed by atoms with Crippen LogP contribution in [0.3, 0.4) is 0 Å². The normalized spacial score (nSPS) is 12.6. The molecule has 1 heterocycles. The maximum absolute atomic E-state index is 13.5. The summed E-state index contributed by atoms with van der Waals surface area (Å²) >= 11 is 0. The average molecular weight is 317 g/mol. The van der Waals surface area contributed by atoms with Crippen LogP contribution in [0, 0.1) is 33.5 Å². The molecule has 0 aliphatic heterocycles. The van der Waals surface area contributed by atoms with Crippen molar-refractivity contribution in [2.45, 2.75) is 60.4 Å². The van der Waals surface area contributed by atoms with Crippen molar-refractivity contribution in [3.63, 3.8) is 0 Å². The number of hydrogen-bond donors (Lipinski definition) is 1. The van der Waals surface area contributed by atoms with Gasteiger partial charge in [0.15, 0.2) is 5.82 Å². The van der Waals surface area contributed by atoms with Crippen molar-refractivity contribution in [1.82, 2.24) is 10.2 Å². The summed E-state index contributed by atoms with van der Waals surface area (Å²) in [5, 5.41) is 12.2. The molecule has 3 nitrogen and oxygen atoms in total. The fourth-order valence-electron chi connectivity index (χ4n) is 3.19. The lowest BCUT2D eigenvalue weighted by atomic mass is 9.96. The fraction of sp³-hybridized carbons (Fsp3) is 0.474. The Labute approximate surface area is 139 Å². The predicted octanol–water partition coefficient (Wildman–Crippen LogP) is 5.39. The largest absolute Gasteiger partial charge is 0.362 e. The van der Waals surface area contributed by atoms with Crippen molar-refractivity contribution in [3.8, 4) is 0 Å². The maximum Gasteiger partial charge on any atom is 0.152 e. The molecular formula is C19H28FN3. The third-order valence-corrected chi connectivity index (χ3v) is 4.45. The number of aromatic nitrogens is 2. The third-order valence-electron chi connectivity index (χ3n) is 4.45. The van der Waals surface area contributed by atoms with Gasteiger partial charge in [-0.05, 0) is 80.5 Å². The van der Waals surface area contributed by atoms with Gasteiger partial charge in [-0.2, -0.15) is 5.10 Å². The van der Waals surface area contributed by atoms with Crippen molar-refractivity contribution in [2.24, 2.45) is 0 Å². The minimum atomic E-state index is -0.191. The quantitative estimate of drug-likeness (QED) is 0.821. The highest BCUT2D eigenvalue weighted by Gasteiger charge is 2.17. The van der Waals surface area contributed by atoms with Gasteiger partial charge in [-0.15, -0.1) is 5.10 Å². The molecule has 0 aliphatic rings. The second-order valence-corrected chi connectivity index (χ2v) is 6.66. The van der Waals surface area contributed by atoms with Gasteiger partial charge < -0.3 is 5.32 Å². The molecule has 0 amide bonds. The summed E-state index contributed by atoms with van der Waals surface area (Å²) in [5.74, 6) is 0.959. The molecule has 2 aromatic rings. The third kappa shape index (κ3) is 3.52. The van der Waals surface area contributed by atoms with Gasteiger partial charge in [0.25, 0.3) is 0 Å². The van der Waals surface area contributed by atoms with Crippen LogP contribution in [0.1, 0.15) is 67.7 Å². The van der Waals surface area contributed by atoms with E-state index in [0.29, 0.717) is 5.92 Å². The first-order valence-electron chi connectivity index (χ1n) is 8.09. The minimum Gasteiger partial charge on any atom is -0.362 e. The molecule has 1 aromatic heterocycles. The van der Waals surface area contributed by atoms with E-state index in [1.54, 1.807) is 12.1 Å². The summed E-state index contributed by atoms with van der Waals surface area (Å²) in [6.45, 7) is 14.3. The number of halogens is 1. The van der Waals surface area contributed by atoms with E-state index >= 15 is 0 Å². The molecule has 0 saturated carbocycles. The number of hydrogen-bond acceptors (Lipinski definition) is 3. The van der Waals surface area contributed by atoms with Crippen LogP contribution in [0.25, 0.3) is 0 Å². The molecule has 0 spiro atoms. The minimum absolute atomic E-state index is 0. The first-order valence-corrected chi connectivity index (χ1v) is 8.09. The molecule has 1 atom stereocenters. The summed E-state index contributed by atoms with van der Waals surface area (Å²) in [7, 11) is 0. The Morgan fingerprint density at radius 3 is 2.04 bits per heavy atom. The zero-order valence-corrected chi connectivity index (χ0v) is 15.1. The summed E-state index contributed by atoms with van der Waals surface area (Å²) in [5.41, 5.74) is 6.34. The van der Waals surface area contributed by atoms with Crippen molar-refractivity contribution < 1.29 is 5.82 Å². The van der Waals surface area contributed by atoms with Crippen LogP contribution in [0.15, 0.2) is 12.1 Å². The summed E-state index contributed by atoms with van der Waals surface area (Å²) in [6.07, 6.45) is 0. The van der Waals surface area contributed by atoms with Crippen molar-refractivity contribution in [1.29, 1.82) is 0 Å². The van der Waals surface area contributed by atoms with Gasteiger partial charge in [0.2, 0.25) is 0 Å². The Bertz CT molecular complexity index is 706. The lowest BCUT2D eigenvalue weighted by molar-refractivity contribution is 0.623. The van der Waals surface area contributed by atoms with Gasteiger partial charge in [-0.25, -0.2) is 4.39 Å². The zero-order chi connectivity index (χ0) is 17.3. The summed E-state index contributed by atoms with van der Waals surface area (Å²) in [4.78, 5) is 0. The average Bonchev–Trinajstić information content (AvgIpc) is 2.42. The molecular weight excluding hydrogens is 289 g/mol. The molecule has 0 radical (unpaired) electrons. The molecule has 1 aromatic carbocycles. The van der Waals surface area contributed by atoms with Crippen molar-refractivity contribution in [3.05, 3.63) is 51.5 Å². The molecule has 23 heavy (non-hydrogen) atoms. The molecule has 0 aliphatic carbocycles. The highest BCUT2D eigenvalue weighted by atomic mass is 19.1. The number of rotatable bonds is 4. The Morgan fingerprint density at radius 1 is 0.957 bits per heavy atom. The number of anilines is 1. The number of nitrogens with one attached hydrogen (secondary N) is 1. The number of benzene rings is 1. The van der Waals surface area contributed by atoms with Gasteiger partial charge in [0, 0.05) is 1.43 Å². The Morgan fingerprint density at radius 2 is 1.52 bits per heavy atom. The molecule has 0 fully saturated rings. The topological polar surface area (TPSA) is 37.8 Å². The molecule has 0 bridgehead atoms. The van der Waals surface area contributed by atoms with E-state index in [0.717, 1.165) is 33.8 Å². The van der Waals surface area contributed by atoms with Crippen molar-refractivity contribution in [2.75, 3.05) is 5.32 Å². The Kier molecular flexibility index (Phi) is 5.03. The van der Waals surface area contributed by atoms with E-state index in [9.17, 15) is 4.39 Å². The van der Waals surface area contributed by atoms with E-state index in [1.807, 2.05) is 13.8 Å². The second kappa shape index (κ2) is 6.65. The van der Waals surface area contributed by atoms with Crippen molar-refractivity contribution >= 4 is 5.82 Å². The molecule has 0 saturated heterocycles. The van der Waals surface area contributed by atoms with E-state index in [-0.39, 0.29) is 13.3 Å². The lowest BCUT2D eigenvalue weighted by Gasteiger charge is -2.22. The SMILES string of the molecule is Cc1cc(F)cc(C)c1[C@H](C)Nc1nnc(C(C)C)c(C)c1C.[HH]. The summed E-state index contributed by atoms with van der Waals surface area (Å²) in [6, 6.07) is 3.19. The van der Waals surface area contributed by atoms with Gasteiger partial charge in [0.1, 0.15) is 5.82 Å². The molecule has 1 N–H and O–H groups in total. The standard InChI is InChI=1S/C19H26FN3.H2/c1-10(2)18-13(5)14(6)19(23-22-18)21-15(7)17-11(3)8-16(20)9-12(17)4;/h8-10,15H,1-7H3,(H,21,23);1H/t15-;/m0./s1. The molecule has 2 rings (SSSR count). The highest BCUT2D eigenvalue weighted by Crippen LogP contribution is 2.28. The first kappa shape index (κ1) is 17.4. The van der Waals surface area contributed by atoms with Crippen LogP contribution in [0.5, 0.6) is 0 Å². The maximum atomic E-state index is 13.5. The molecule has 4 heteroatoms. The van der Waals surface area contributed by atoms with E-state index < -0.39 is 0 Å². The molecule has 126 valence electrons. The van der Waals surface area contributed by atoms with Crippen LogP contribution >= 0.6 is 0 Å². The highest BCUT2D eigenvalue weighted by molar-refractivity contribution is 5.51. The van der Waals surface area contributed by atoms with Gasteiger partial charge in [0.05, 0.1) is 11.7 Å².